The van der Waals surface area contributed by atoms with Gasteiger partial charge in [0, 0.05) is 30.4 Å². The van der Waals surface area contributed by atoms with Crippen molar-refractivity contribution >= 4 is 23.7 Å². The van der Waals surface area contributed by atoms with Gasteiger partial charge >= 0.3 is 17.9 Å². The Hall–Kier alpha value is -2.90. The van der Waals surface area contributed by atoms with Crippen molar-refractivity contribution in [2.24, 2.45) is 11.3 Å². The van der Waals surface area contributed by atoms with E-state index in [4.69, 9.17) is 18.9 Å². The fourth-order valence-corrected chi connectivity index (χ4v) is 4.58. The van der Waals surface area contributed by atoms with Gasteiger partial charge in [-0.25, -0.2) is 9.59 Å². The van der Waals surface area contributed by atoms with Crippen LogP contribution in [0.15, 0.2) is 34.6 Å². The molecule has 0 spiro atoms. The van der Waals surface area contributed by atoms with Crippen LogP contribution in [0.1, 0.15) is 40.5 Å². The third kappa shape index (κ3) is 2.97. The van der Waals surface area contributed by atoms with Crippen molar-refractivity contribution in [3.63, 3.8) is 0 Å². The molecule has 0 aromatic heterocycles. The second-order valence-corrected chi connectivity index (χ2v) is 8.20. The summed E-state index contributed by atoms with van der Waals surface area (Å²) in [6.45, 7) is 6.50. The van der Waals surface area contributed by atoms with Gasteiger partial charge < -0.3 is 18.9 Å². The Balaban J connectivity index is 1.69. The molecule has 4 atom stereocenters. The third-order valence-electron chi connectivity index (χ3n) is 6.00. The number of cyclic esters (lactones) is 1. The second-order valence-electron chi connectivity index (χ2n) is 8.20. The van der Waals surface area contributed by atoms with Crippen LogP contribution in [0, 0.1) is 11.3 Å². The monoisotopic (exact) mass is 402 g/mol. The Kier molecular flexibility index (Phi) is 4.40. The molecule has 0 unspecified atom stereocenters. The molecule has 0 N–H and O–H groups in total. The Morgan fingerprint density at radius 1 is 1.17 bits per heavy atom. The van der Waals surface area contributed by atoms with Crippen molar-refractivity contribution in [3.05, 3.63) is 34.6 Å². The molecular formula is C21H22O8. The molecule has 4 aliphatic rings. The van der Waals surface area contributed by atoms with Gasteiger partial charge in [0.05, 0.1) is 17.8 Å². The van der Waals surface area contributed by atoms with Crippen molar-refractivity contribution in [1.82, 2.24) is 0 Å². The highest BCUT2D eigenvalue weighted by Gasteiger charge is 2.60. The summed E-state index contributed by atoms with van der Waals surface area (Å²) in [5.41, 5.74) is 1.33. The number of ketones is 1. The molecule has 8 heteroatoms. The number of carbonyl (C=O) groups excluding carboxylic acids is 4. The molecule has 2 aliphatic carbocycles. The van der Waals surface area contributed by atoms with E-state index in [0.29, 0.717) is 24.0 Å². The predicted octanol–water partition coefficient (Wildman–Crippen LogP) is 1.89. The lowest BCUT2D eigenvalue weighted by atomic mass is 9.71. The van der Waals surface area contributed by atoms with Gasteiger partial charge in [0.25, 0.3) is 6.29 Å². The van der Waals surface area contributed by atoms with Crippen molar-refractivity contribution < 1.29 is 38.1 Å². The topological polar surface area (TPSA) is 105 Å². The van der Waals surface area contributed by atoms with E-state index >= 15 is 0 Å². The van der Waals surface area contributed by atoms with Gasteiger partial charge in [-0.15, -0.1) is 0 Å². The highest BCUT2D eigenvalue weighted by molar-refractivity contribution is 5.95. The van der Waals surface area contributed by atoms with Crippen molar-refractivity contribution in [2.75, 3.05) is 0 Å². The number of carbonyl (C=O) groups is 4. The van der Waals surface area contributed by atoms with Crippen LogP contribution in [-0.4, -0.2) is 42.2 Å². The first-order valence-corrected chi connectivity index (χ1v) is 9.51. The SMILES string of the molecule is CC(=O)O[C@@H]1C2=C([C@H]3OC(=O)/C(=C/O[C@H]4C=C(C)C(=O)O4)[C@@H]13)C(C)(C)C(=O)CC2. The first kappa shape index (κ1) is 19.4. The van der Waals surface area contributed by atoms with E-state index in [2.05, 4.69) is 0 Å². The van der Waals surface area contributed by atoms with Gasteiger partial charge in [-0.2, -0.15) is 0 Å². The molecule has 0 radical (unpaired) electrons. The summed E-state index contributed by atoms with van der Waals surface area (Å²) in [5.74, 6) is -2.13. The van der Waals surface area contributed by atoms with E-state index in [0.717, 1.165) is 5.57 Å². The Morgan fingerprint density at radius 3 is 2.52 bits per heavy atom. The summed E-state index contributed by atoms with van der Waals surface area (Å²) in [7, 11) is 0. The molecule has 2 heterocycles. The molecule has 1 saturated heterocycles. The molecule has 0 aromatic carbocycles. The predicted molar refractivity (Wildman–Crippen MR) is 96.8 cm³/mol. The molecule has 1 fully saturated rings. The highest BCUT2D eigenvalue weighted by atomic mass is 16.7. The Bertz CT molecular complexity index is 919. The second kappa shape index (κ2) is 6.57. The first-order chi connectivity index (χ1) is 13.6. The Labute approximate surface area is 167 Å². The van der Waals surface area contributed by atoms with E-state index < -0.39 is 47.7 Å². The van der Waals surface area contributed by atoms with Crippen molar-refractivity contribution in [1.29, 1.82) is 0 Å². The van der Waals surface area contributed by atoms with Gasteiger partial charge in [-0.05, 0) is 38.3 Å². The lowest BCUT2D eigenvalue weighted by Gasteiger charge is -2.33. The lowest BCUT2D eigenvalue weighted by Crippen LogP contribution is -2.35. The van der Waals surface area contributed by atoms with Crippen LogP contribution >= 0.6 is 0 Å². The summed E-state index contributed by atoms with van der Waals surface area (Å²) in [6, 6.07) is 0. The highest BCUT2D eigenvalue weighted by Crippen LogP contribution is 2.54. The van der Waals surface area contributed by atoms with Gasteiger partial charge in [-0.3, -0.25) is 9.59 Å². The van der Waals surface area contributed by atoms with Crippen LogP contribution in [-0.2, 0) is 38.1 Å². The number of rotatable bonds is 3. The number of hydrogen-bond donors (Lipinski definition) is 0. The van der Waals surface area contributed by atoms with Crippen molar-refractivity contribution in [3.8, 4) is 0 Å². The number of esters is 3. The normalized spacial score (nSPS) is 33.9. The molecule has 29 heavy (non-hydrogen) atoms. The maximum atomic E-state index is 12.6. The molecule has 8 nitrogen and oxygen atoms in total. The summed E-state index contributed by atoms with van der Waals surface area (Å²) >= 11 is 0. The zero-order chi connectivity index (χ0) is 21.1. The minimum absolute atomic E-state index is 0.0571. The average Bonchev–Trinajstić information content (AvgIpc) is 3.21. The lowest BCUT2D eigenvalue weighted by molar-refractivity contribution is -0.152. The molecule has 0 amide bonds. The quantitative estimate of drug-likeness (QED) is 0.232. The standard InChI is InChI=1S/C21H22O8/c1-9-7-14(28-19(9)24)26-8-12-15-17(27-10(2)22)11-5-6-13(23)21(3,4)16(11)18(15)29-20(12)25/h7-8,14-15,17-18H,5-6H2,1-4H3/b12-8+/t14-,15+,17-,18+/m1/s1. The average molecular weight is 402 g/mol. The van der Waals surface area contributed by atoms with Crippen LogP contribution in [0.3, 0.4) is 0 Å². The van der Waals surface area contributed by atoms with Crippen molar-refractivity contribution in [2.45, 2.75) is 59.0 Å². The molecule has 0 bridgehead atoms. The summed E-state index contributed by atoms with van der Waals surface area (Å²) in [4.78, 5) is 48.4. The van der Waals surface area contributed by atoms with Crippen LogP contribution in [0.2, 0.25) is 0 Å². The maximum Gasteiger partial charge on any atom is 0.338 e. The fraction of sp³-hybridized carbons (Fsp3) is 0.524. The van der Waals surface area contributed by atoms with E-state index in [1.165, 1.54) is 19.3 Å². The fourth-order valence-electron chi connectivity index (χ4n) is 4.58. The van der Waals surface area contributed by atoms with Gasteiger partial charge in [-0.1, -0.05) is 0 Å². The van der Waals surface area contributed by atoms with E-state index in [1.54, 1.807) is 20.8 Å². The van der Waals surface area contributed by atoms with Gasteiger partial charge in [0.15, 0.2) is 0 Å². The third-order valence-corrected chi connectivity index (χ3v) is 6.00. The van der Waals surface area contributed by atoms with E-state index in [1.807, 2.05) is 0 Å². The van der Waals surface area contributed by atoms with Crippen LogP contribution in [0.4, 0.5) is 0 Å². The summed E-state index contributed by atoms with van der Waals surface area (Å²) in [5, 5.41) is 0. The minimum Gasteiger partial charge on any atom is -0.458 e. The molecule has 0 aromatic rings. The van der Waals surface area contributed by atoms with E-state index in [9.17, 15) is 19.2 Å². The number of Topliss-reactive ketones (excluding diaryl/α,β-unsaturated/α-hetero) is 1. The zero-order valence-corrected chi connectivity index (χ0v) is 16.6. The molecule has 2 aliphatic heterocycles. The molecule has 4 rings (SSSR count). The number of fused-ring (bicyclic) bond motifs is 2. The number of hydrogen-bond acceptors (Lipinski definition) is 8. The molecular weight excluding hydrogens is 380 g/mol. The summed E-state index contributed by atoms with van der Waals surface area (Å²) < 4.78 is 21.7. The zero-order valence-electron chi connectivity index (χ0n) is 16.6. The van der Waals surface area contributed by atoms with Crippen LogP contribution in [0.5, 0.6) is 0 Å². The molecule has 0 saturated carbocycles. The van der Waals surface area contributed by atoms with E-state index in [-0.39, 0.29) is 11.4 Å². The Morgan fingerprint density at radius 2 is 1.90 bits per heavy atom. The van der Waals surface area contributed by atoms with Gasteiger partial charge in [0.1, 0.15) is 18.0 Å². The van der Waals surface area contributed by atoms with Crippen LogP contribution < -0.4 is 0 Å². The minimum atomic E-state index is -0.934. The van der Waals surface area contributed by atoms with Gasteiger partial charge in [0.2, 0.25) is 0 Å². The first-order valence-electron chi connectivity index (χ1n) is 9.51. The summed E-state index contributed by atoms with van der Waals surface area (Å²) in [6.07, 6.45) is 1.18. The number of ether oxygens (including phenoxy) is 4. The molecule has 154 valence electrons. The smallest absolute Gasteiger partial charge is 0.338 e. The van der Waals surface area contributed by atoms with Crippen LogP contribution in [0.25, 0.3) is 0 Å². The largest absolute Gasteiger partial charge is 0.458 e. The maximum absolute atomic E-state index is 12.6.